The van der Waals surface area contributed by atoms with E-state index < -0.39 is 40.7 Å². The van der Waals surface area contributed by atoms with Crippen LogP contribution in [0.25, 0.3) is 22.7 Å². The molecule has 4 aromatic rings. The molecule has 0 aliphatic carbocycles. The quantitative estimate of drug-likeness (QED) is 0.145. The van der Waals surface area contributed by atoms with Crippen LogP contribution in [0.3, 0.4) is 0 Å². The second-order valence-electron chi connectivity index (χ2n) is 14.3. The fourth-order valence-electron chi connectivity index (χ4n) is 6.03. The summed E-state index contributed by atoms with van der Waals surface area (Å²) in [5.41, 5.74) is 1.40. The van der Waals surface area contributed by atoms with Crippen molar-refractivity contribution in [3.8, 4) is 0 Å². The number of ether oxygens (including phenoxy) is 2. The van der Waals surface area contributed by atoms with Gasteiger partial charge >= 0.3 is 0 Å². The summed E-state index contributed by atoms with van der Waals surface area (Å²) in [5, 5.41) is 0. The molecule has 0 saturated carbocycles. The van der Waals surface area contributed by atoms with E-state index in [2.05, 4.69) is 6.92 Å². The summed E-state index contributed by atoms with van der Waals surface area (Å²) in [7, 11) is -9.97. The van der Waals surface area contributed by atoms with Crippen LogP contribution in [-0.4, -0.2) is 72.0 Å². The molecule has 0 saturated heterocycles. The van der Waals surface area contributed by atoms with E-state index in [9.17, 15) is 34.8 Å². The van der Waals surface area contributed by atoms with Gasteiger partial charge in [-0.2, -0.15) is 0 Å². The van der Waals surface area contributed by atoms with Crippen LogP contribution in [0.5, 0.6) is 0 Å². The van der Waals surface area contributed by atoms with E-state index in [4.69, 9.17) is 9.47 Å². The Bertz CT molecular complexity index is 2560. The summed E-state index contributed by atoms with van der Waals surface area (Å²) in [6, 6.07) is 26.5. The van der Waals surface area contributed by atoms with Crippen LogP contribution in [-0.2, 0) is 48.6 Å². The number of hydrogen-bond donors (Lipinski definition) is 0. The van der Waals surface area contributed by atoms with Gasteiger partial charge in [0.05, 0.1) is 31.6 Å². The van der Waals surface area contributed by atoms with Crippen LogP contribution in [0.1, 0.15) is 63.8 Å². The number of benzene rings is 4. The molecule has 14 heteroatoms. The molecule has 2 aliphatic heterocycles. The van der Waals surface area contributed by atoms with Crippen molar-refractivity contribution in [2.75, 3.05) is 24.0 Å². The van der Waals surface area contributed by atoms with Gasteiger partial charge in [-0.3, -0.25) is 9.59 Å². The molecule has 2 aliphatic rings. The van der Waals surface area contributed by atoms with E-state index in [1.807, 2.05) is 24.3 Å². The lowest BCUT2D eigenvalue weighted by molar-refractivity contribution is -0.125. The molecule has 0 aromatic heterocycles. The first-order valence-corrected chi connectivity index (χ1v) is 24.1. The molecule has 296 valence electrons. The van der Waals surface area contributed by atoms with Crippen molar-refractivity contribution in [2.24, 2.45) is 0 Å². The first kappa shape index (κ1) is 42.6. The third-order valence-electron chi connectivity index (χ3n) is 9.14. The minimum atomic E-state index is -3.35. The number of carbonyl (C=O) groups is 2. The lowest BCUT2D eigenvalue weighted by atomic mass is 9.93. The topological polar surface area (TPSA) is 155 Å². The SMILES string of the molecule is CCS(=O)(=O)c1ccc(C2=C(c3ccc(S(C)(=O)=O)cc3)OC(C)(C)C2=O)cc1.CCSc1ccc(C2=C(c3ccc(S(C)(=O)=O)cc3)OC(C)(C)C2=O)cc1. The molecule has 10 nitrogen and oxygen atoms in total. The first-order valence-electron chi connectivity index (χ1n) is 17.6. The molecule has 0 N–H and O–H groups in total. The Labute approximate surface area is 333 Å². The zero-order valence-electron chi connectivity index (χ0n) is 32.4. The predicted molar refractivity (Wildman–Crippen MR) is 220 cm³/mol. The van der Waals surface area contributed by atoms with Crippen LogP contribution in [0.15, 0.2) is 117 Å². The smallest absolute Gasteiger partial charge is 0.210 e. The maximum atomic E-state index is 13.0. The zero-order valence-corrected chi connectivity index (χ0v) is 35.6. The second kappa shape index (κ2) is 15.8. The molecule has 0 atom stereocenters. The molecule has 0 fully saturated rings. The van der Waals surface area contributed by atoms with Gasteiger partial charge in [0.25, 0.3) is 0 Å². The Morgan fingerprint density at radius 1 is 0.500 bits per heavy atom. The number of Topliss-reactive ketones (excluding diaryl/α,β-unsaturated/α-hetero) is 2. The number of thioether (sulfide) groups is 1. The minimum absolute atomic E-state index is 0.0119. The van der Waals surface area contributed by atoms with Crippen molar-refractivity contribution in [1.29, 1.82) is 0 Å². The largest absolute Gasteiger partial charge is 0.478 e. The molecular weight excluding hydrogens is 793 g/mol. The predicted octanol–water partition coefficient (Wildman–Crippen LogP) is 7.58. The van der Waals surface area contributed by atoms with E-state index in [0.29, 0.717) is 39.4 Å². The highest BCUT2D eigenvalue weighted by molar-refractivity contribution is 7.99. The van der Waals surface area contributed by atoms with Crippen molar-refractivity contribution in [3.63, 3.8) is 0 Å². The van der Waals surface area contributed by atoms with Gasteiger partial charge in [0.2, 0.25) is 11.6 Å². The molecule has 0 spiro atoms. The Morgan fingerprint density at radius 3 is 1.14 bits per heavy atom. The first-order chi connectivity index (χ1) is 26.0. The van der Waals surface area contributed by atoms with Crippen molar-refractivity contribution in [1.82, 2.24) is 0 Å². The molecule has 4 aromatic carbocycles. The summed E-state index contributed by atoms with van der Waals surface area (Å²) in [6.07, 6.45) is 2.29. The van der Waals surface area contributed by atoms with Crippen molar-refractivity contribution >= 4 is 75.5 Å². The van der Waals surface area contributed by atoms with Crippen LogP contribution in [0, 0.1) is 0 Å². The number of sulfone groups is 3. The monoisotopic (exact) mass is 836 g/mol. The standard InChI is InChI=1S/C21H22O6S2.C21H22O4S2/c1-5-29(25,26)17-12-6-14(7-13-17)18-19(27-21(2,3)20(18)22)15-8-10-16(11-9-15)28(4,23)24;1-5-26-16-10-6-14(7-11-16)18-19(25-21(2,3)20(18)22)15-8-12-17(13-9-15)27(4,23)24/h6-13H,5H2,1-4H3;6-13H,5H2,1-4H3. The molecule has 0 unspecified atom stereocenters. The highest BCUT2D eigenvalue weighted by atomic mass is 32.2. The van der Waals surface area contributed by atoms with Gasteiger partial charge in [-0.05, 0) is 117 Å². The second-order valence-corrected chi connectivity index (χ2v) is 21.9. The summed E-state index contributed by atoms with van der Waals surface area (Å²) < 4.78 is 82.8. The van der Waals surface area contributed by atoms with Crippen LogP contribution < -0.4 is 0 Å². The minimum Gasteiger partial charge on any atom is -0.478 e. The highest BCUT2D eigenvalue weighted by Gasteiger charge is 2.44. The average Bonchev–Trinajstić information content (AvgIpc) is 3.54. The number of hydrogen-bond acceptors (Lipinski definition) is 11. The van der Waals surface area contributed by atoms with E-state index in [-0.39, 0.29) is 32.0 Å². The van der Waals surface area contributed by atoms with E-state index in [1.165, 1.54) is 42.7 Å². The van der Waals surface area contributed by atoms with E-state index >= 15 is 0 Å². The Hall–Kier alpha value is -4.50. The van der Waals surface area contributed by atoms with Gasteiger partial charge < -0.3 is 9.47 Å². The van der Waals surface area contributed by atoms with E-state index in [0.717, 1.165) is 22.5 Å². The summed E-state index contributed by atoms with van der Waals surface area (Å²) in [4.78, 5) is 27.7. The fourth-order valence-corrected chi connectivity index (χ4v) is 8.84. The molecular formula is C42H44O10S4. The number of rotatable bonds is 10. The normalized spacial score (nSPS) is 16.6. The Kier molecular flexibility index (Phi) is 12.0. The molecule has 0 bridgehead atoms. The third-order valence-corrected chi connectivity index (χ3v) is 14.0. The maximum Gasteiger partial charge on any atom is 0.210 e. The summed E-state index contributed by atoms with van der Waals surface area (Å²) >= 11 is 1.74. The third kappa shape index (κ3) is 9.04. The summed E-state index contributed by atoms with van der Waals surface area (Å²) in [5.74, 6) is 1.48. The van der Waals surface area contributed by atoms with Gasteiger partial charge in [0.1, 0.15) is 11.5 Å². The molecule has 0 amide bonds. The van der Waals surface area contributed by atoms with Crippen molar-refractivity contribution in [2.45, 2.75) is 72.3 Å². The van der Waals surface area contributed by atoms with Gasteiger partial charge in [-0.15, -0.1) is 11.8 Å². The van der Waals surface area contributed by atoms with Gasteiger partial charge in [-0.25, -0.2) is 25.3 Å². The maximum absolute atomic E-state index is 13.0. The van der Waals surface area contributed by atoms with Gasteiger partial charge in [0, 0.05) is 28.5 Å². The van der Waals surface area contributed by atoms with Crippen LogP contribution >= 0.6 is 11.8 Å². The van der Waals surface area contributed by atoms with Crippen molar-refractivity contribution in [3.05, 3.63) is 119 Å². The lowest BCUT2D eigenvalue weighted by Gasteiger charge is -2.18. The average molecular weight is 837 g/mol. The van der Waals surface area contributed by atoms with Gasteiger partial charge in [-0.1, -0.05) is 38.1 Å². The number of ketones is 2. The molecule has 6 rings (SSSR count). The Balaban J connectivity index is 0.000000215. The molecule has 0 radical (unpaired) electrons. The summed E-state index contributed by atoms with van der Waals surface area (Å²) in [6.45, 7) is 10.5. The number of carbonyl (C=O) groups excluding carboxylic acids is 2. The van der Waals surface area contributed by atoms with Crippen LogP contribution in [0.2, 0.25) is 0 Å². The zero-order chi connectivity index (χ0) is 41.4. The van der Waals surface area contributed by atoms with E-state index in [1.54, 1.807) is 82.8 Å². The fraction of sp³-hybridized carbons (Fsp3) is 0.286. The lowest BCUT2D eigenvalue weighted by Crippen LogP contribution is -2.29. The van der Waals surface area contributed by atoms with Crippen LogP contribution in [0.4, 0.5) is 0 Å². The molecule has 2 heterocycles. The highest BCUT2D eigenvalue weighted by Crippen LogP contribution is 2.43. The van der Waals surface area contributed by atoms with Crippen molar-refractivity contribution < 1.29 is 44.3 Å². The van der Waals surface area contributed by atoms with Gasteiger partial charge in [0.15, 0.2) is 40.7 Å². The Morgan fingerprint density at radius 2 is 0.821 bits per heavy atom. The molecule has 56 heavy (non-hydrogen) atoms.